The molecule has 2 fully saturated rings. The minimum Gasteiger partial charge on any atom is -0.486 e. The van der Waals surface area contributed by atoms with Gasteiger partial charge in [-0.1, -0.05) is 6.07 Å². The van der Waals surface area contributed by atoms with E-state index in [1.54, 1.807) is 0 Å². The molecule has 7 nitrogen and oxygen atoms in total. The molecule has 3 aliphatic heterocycles. The molecule has 0 aliphatic carbocycles. The van der Waals surface area contributed by atoms with Crippen molar-refractivity contribution < 1.29 is 23.7 Å². The SMILES string of the molecule is CC(C)(NC(=O)N1CCC2(CC1)OCCO2)c1ccc2c(c1)OCCO2. The smallest absolute Gasteiger partial charge is 0.318 e. The minimum atomic E-state index is -0.525. The van der Waals surface area contributed by atoms with Crippen LogP contribution in [0.15, 0.2) is 18.2 Å². The largest absolute Gasteiger partial charge is 0.486 e. The molecule has 0 saturated carbocycles. The second-order valence-corrected chi connectivity index (χ2v) is 7.51. The number of carbonyl (C=O) groups excluding carboxylic acids is 1. The Hall–Kier alpha value is -1.99. The zero-order chi connectivity index (χ0) is 18.2. The molecule has 0 unspecified atom stereocenters. The Kier molecular flexibility index (Phi) is 4.44. The summed E-state index contributed by atoms with van der Waals surface area (Å²) in [6.07, 6.45) is 1.43. The number of hydrogen-bond donors (Lipinski definition) is 1. The molecule has 0 atom stereocenters. The number of piperidine rings is 1. The number of urea groups is 1. The maximum atomic E-state index is 12.8. The molecular weight excluding hydrogens is 336 g/mol. The van der Waals surface area contributed by atoms with Crippen molar-refractivity contribution in [2.45, 2.75) is 38.0 Å². The average molecular weight is 362 g/mol. The summed E-state index contributed by atoms with van der Waals surface area (Å²) in [6, 6.07) is 5.74. The second kappa shape index (κ2) is 6.63. The van der Waals surface area contributed by atoms with Crippen molar-refractivity contribution in [1.29, 1.82) is 0 Å². The van der Waals surface area contributed by atoms with Crippen molar-refractivity contribution in [3.05, 3.63) is 23.8 Å². The van der Waals surface area contributed by atoms with Gasteiger partial charge in [-0.05, 0) is 31.5 Å². The van der Waals surface area contributed by atoms with E-state index >= 15 is 0 Å². The predicted octanol–water partition coefficient (Wildman–Crippen LogP) is 2.24. The monoisotopic (exact) mass is 362 g/mol. The fourth-order valence-electron chi connectivity index (χ4n) is 3.69. The highest BCUT2D eigenvalue weighted by Crippen LogP contribution is 2.35. The molecule has 2 amide bonds. The van der Waals surface area contributed by atoms with Crippen LogP contribution < -0.4 is 14.8 Å². The van der Waals surface area contributed by atoms with Crippen LogP contribution in [0.5, 0.6) is 11.5 Å². The highest BCUT2D eigenvalue weighted by Gasteiger charge is 2.41. The van der Waals surface area contributed by atoms with Gasteiger partial charge in [0.15, 0.2) is 17.3 Å². The van der Waals surface area contributed by atoms with Crippen LogP contribution in [-0.4, -0.2) is 56.2 Å². The lowest BCUT2D eigenvalue weighted by atomic mass is 9.94. The molecule has 1 aromatic rings. The third-order valence-electron chi connectivity index (χ3n) is 5.31. The van der Waals surface area contributed by atoms with Crippen molar-refractivity contribution in [3.8, 4) is 11.5 Å². The van der Waals surface area contributed by atoms with Gasteiger partial charge in [-0.25, -0.2) is 4.79 Å². The summed E-state index contributed by atoms with van der Waals surface area (Å²) in [7, 11) is 0. The first kappa shape index (κ1) is 17.4. The molecule has 0 bridgehead atoms. The summed E-state index contributed by atoms with van der Waals surface area (Å²) in [5, 5.41) is 3.14. The van der Waals surface area contributed by atoms with Gasteiger partial charge in [0.25, 0.3) is 0 Å². The maximum absolute atomic E-state index is 12.8. The summed E-state index contributed by atoms with van der Waals surface area (Å²) in [5.41, 5.74) is 0.452. The van der Waals surface area contributed by atoms with Crippen molar-refractivity contribution in [2.75, 3.05) is 39.5 Å². The molecule has 4 rings (SSSR count). The number of fused-ring (bicyclic) bond motifs is 1. The molecule has 1 aromatic carbocycles. The van der Waals surface area contributed by atoms with E-state index in [0.717, 1.165) is 17.1 Å². The Labute approximate surface area is 153 Å². The minimum absolute atomic E-state index is 0.0715. The second-order valence-electron chi connectivity index (χ2n) is 7.51. The zero-order valence-corrected chi connectivity index (χ0v) is 15.4. The van der Waals surface area contributed by atoms with E-state index in [2.05, 4.69) is 5.32 Å². The number of amides is 2. The van der Waals surface area contributed by atoms with Crippen molar-refractivity contribution >= 4 is 6.03 Å². The average Bonchev–Trinajstić information content (AvgIpc) is 3.09. The Morgan fingerprint density at radius 1 is 1.04 bits per heavy atom. The van der Waals surface area contributed by atoms with E-state index in [1.165, 1.54) is 0 Å². The molecule has 0 aromatic heterocycles. The Morgan fingerprint density at radius 2 is 1.69 bits per heavy atom. The van der Waals surface area contributed by atoms with Crippen molar-refractivity contribution in [2.24, 2.45) is 0 Å². The van der Waals surface area contributed by atoms with E-state index in [9.17, 15) is 4.79 Å². The molecular formula is C19H26N2O5. The van der Waals surface area contributed by atoms with Crippen molar-refractivity contribution in [3.63, 3.8) is 0 Å². The summed E-state index contributed by atoms with van der Waals surface area (Å²) >= 11 is 0. The fraction of sp³-hybridized carbons (Fsp3) is 0.632. The van der Waals surface area contributed by atoms with Crippen molar-refractivity contribution in [1.82, 2.24) is 10.2 Å². The Balaban J connectivity index is 1.40. The molecule has 26 heavy (non-hydrogen) atoms. The van der Waals surface area contributed by atoms with E-state index in [4.69, 9.17) is 18.9 Å². The van der Waals surface area contributed by atoms with Gasteiger partial charge >= 0.3 is 6.03 Å². The predicted molar refractivity (Wildman–Crippen MR) is 94.4 cm³/mol. The molecule has 1 spiro atoms. The third-order valence-corrected chi connectivity index (χ3v) is 5.31. The quantitative estimate of drug-likeness (QED) is 0.874. The number of ether oxygens (including phenoxy) is 4. The highest BCUT2D eigenvalue weighted by atomic mass is 16.7. The first-order valence-electron chi connectivity index (χ1n) is 9.23. The number of hydrogen-bond acceptors (Lipinski definition) is 5. The molecule has 1 N–H and O–H groups in total. The molecule has 0 radical (unpaired) electrons. The van der Waals surface area contributed by atoms with Crippen LogP contribution in [0.25, 0.3) is 0 Å². The number of nitrogens with zero attached hydrogens (tertiary/aromatic N) is 1. The lowest BCUT2D eigenvalue weighted by Gasteiger charge is -2.39. The van der Waals surface area contributed by atoms with E-state index in [0.29, 0.717) is 52.4 Å². The zero-order valence-electron chi connectivity index (χ0n) is 15.4. The number of nitrogens with one attached hydrogen (secondary N) is 1. The van der Waals surface area contributed by atoms with Gasteiger partial charge in [0.1, 0.15) is 13.2 Å². The fourth-order valence-corrected chi connectivity index (χ4v) is 3.69. The number of likely N-dealkylation sites (tertiary alicyclic amines) is 1. The summed E-state index contributed by atoms with van der Waals surface area (Å²) in [5.74, 6) is 1.01. The third kappa shape index (κ3) is 3.33. The van der Waals surface area contributed by atoms with Gasteiger partial charge in [0.2, 0.25) is 0 Å². The first-order chi connectivity index (χ1) is 12.5. The number of benzene rings is 1. The Morgan fingerprint density at radius 3 is 2.38 bits per heavy atom. The molecule has 142 valence electrons. The standard InChI is InChI=1S/C19H26N2O5/c1-18(2,14-3-4-15-16(13-14)24-10-9-23-15)20-17(22)21-7-5-19(6-8-21)25-11-12-26-19/h3-4,13H,5-12H2,1-2H3,(H,20,22). The van der Waals surface area contributed by atoms with E-state index in [1.807, 2.05) is 36.9 Å². The van der Waals surface area contributed by atoms with Gasteiger partial charge in [-0.2, -0.15) is 0 Å². The molecule has 3 heterocycles. The number of carbonyl (C=O) groups is 1. The molecule has 2 saturated heterocycles. The number of rotatable bonds is 2. The van der Waals surface area contributed by atoms with Crippen LogP contribution in [0.4, 0.5) is 4.79 Å². The van der Waals surface area contributed by atoms with Gasteiger partial charge in [-0.15, -0.1) is 0 Å². The molecule has 7 heteroatoms. The Bertz CT molecular complexity index is 675. The van der Waals surface area contributed by atoms with Crippen LogP contribution in [0, 0.1) is 0 Å². The highest BCUT2D eigenvalue weighted by molar-refractivity contribution is 5.75. The summed E-state index contributed by atoms with van der Waals surface area (Å²) in [6.45, 7) is 7.63. The van der Waals surface area contributed by atoms with Crippen LogP contribution in [0.1, 0.15) is 32.3 Å². The molecule has 3 aliphatic rings. The lowest BCUT2D eigenvalue weighted by molar-refractivity contribution is -0.181. The summed E-state index contributed by atoms with van der Waals surface area (Å²) in [4.78, 5) is 14.6. The van der Waals surface area contributed by atoms with Crippen LogP contribution in [-0.2, 0) is 15.0 Å². The van der Waals surface area contributed by atoms with Crippen LogP contribution in [0.2, 0.25) is 0 Å². The normalized spacial score (nSPS) is 21.7. The topological polar surface area (TPSA) is 69.3 Å². The van der Waals surface area contributed by atoms with Gasteiger partial charge in [0, 0.05) is 25.9 Å². The van der Waals surface area contributed by atoms with E-state index in [-0.39, 0.29) is 6.03 Å². The van der Waals surface area contributed by atoms with Gasteiger partial charge in [0.05, 0.1) is 18.8 Å². The van der Waals surface area contributed by atoms with E-state index < -0.39 is 11.3 Å². The van der Waals surface area contributed by atoms with Gasteiger partial charge in [-0.3, -0.25) is 0 Å². The first-order valence-corrected chi connectivity index (χ1v) is 9.23. The van der Waals surface area contributed by atoms with Crippen LogP contribution >= 0.6 is 0 Å². The lowest BCUT2D eigenvalue weighted by Crippen LogP contribution is -2.53. The maximum Gasteiger partial charge on any atom is 0.318 e. The summed E-state index contributed by atoms with van der Waals surface area (Å²) < 4.78 is 22.7. The van der Waals surface area contributed by atoms with Crippen LogP contribution in [0.3, 0.4) is 0 Å². The van der Waals surface area contributed by atoms with Gasteiger partial charge < -0.3 is 29.2 Å².